The van der Waals surface area contributed by atoms with Crippen LogP contribution in [0.3, 0.4) is 0 Å². The van der Waals surface area contributed by atoms with E-state index >= 15 is 4.39 Å². The van der Waals surface area contributed by atoms with Gasteiger partial charge in [-0.1, -0.05) is 12.1 Å². The van der Waals surface area contributed by atoms with Crippen LogP contribution in [-0.2, 0) is 0 Å². The number of nitrogens with zero attached hydrogens (tertiary/aromatic N) is 4. The van der Waals surface area contributed by atoms with E-state index in [0.29, 0.717) is 11.3 Å². The lowest BCUT2D eigenvalue weighted by Gasteiger charge is -2.30. The summed E-state index contributed by atoms with van der Waals surface area (Å²) in [5.41, 5.74) is 7.12. The Kier molecular flexibility index (Phi) is 6.80. The highest BCUT2D eigenvalue weighted by molar-refractivity contribution is 6.17. The second-order valence-corrected chi connectivity index (χ2v) is 10.4. The van der Waals surface area contributed by atoms with Crippen molar-refractivity contribution in [2.45, 2.75) is 39.1 Å². The molecule has 3 heterocycles. The number of benzene rings is 3. The van der Waals surface area contributed by atoms with Crippen LogP contribution >= 0.6 is 0 Å². The van der Waals surface area contributed by atoms with Gasteiger partial charge in [0, 0.05) is 5.56 Å². The first-order valence-corrected chi connectivity index (χ1v) is 13.3. The predicted molar refractivity (Wildman–Crippen MR) is 154 cm³/mol. The Morgan fingerprint density at radius 1 is 0.976 bits per heavy atom. The molecule has 0 saturated carbocycles. The second-order valence-electron chi connectivity index (χ2n) is 10.4. The van der Waals surface area contributed by atoms with Crippen LogP contribution in [0.25, 0.3) is 22.1 Å². The third-order valence-electron chi connectivity index (χ3n) is 7.19. The lowest BCUT2D eigenvalue weighted by Crippen LogP contribution is -2.43. The molecule has 0 radical (unpaired) electrons. The van der Waals surface area contributed by atoms with Gasteiger partial charge in [0.1, 0.15) is 47.1 Å². The molecule has 0 fully saturated rings. The molecule has 11 heteroatoms. The fourth-order valence-electron chi connectivity index (χ4n) is 5.31. The van der Waals surface area contributed by atoms with Gasteiger partial charge in [0.25, 0.3) is 0 Å². The molecule has 0 aliphatic carbocycles. The van der Waals surface area contributed by atoms with Gasteiger partial charge >= 0.3 is 0 Å². The Morgan fingerprint density at radius 2 is 1.76 bits per heavy atom. The molecule has 2 aliphatic rings. The van der Waals surface area contributed by atoms with E-state index in [9.17, 15) is 13.6 Å². The summed E-state index contributed by atoms with van der Waals surface area (Å²) in [6.45, 7) is 5.35. The zero-order valence-corrected chi connectivity index (χ0v) is 22.9. The summed E-state index contributed by atoms with van der Waals surface area (Å²) in [5.74, 6) is -1.87. The zero-order chi connectivity index (χ0) is 29.7. The van der Waals surface area contributed by atoms with Crippen molar-refractivity contribution >= 4 is 28.9 Å². The maximum Gasteiger partial charge on any atom is 0.200 e. The SMILES string of the molecule is CC(C)Oc1ccc(C2=NN(C(C)c3oc4ccc(F)cc4c(=O)c3-c3cccc(F)c3)C3N=CN=C(N)C23)cc1F. The van der Waals surface area contributed by atoms with Gasteiger partial charge in [0.05, 0.1) is 22.8 Å². The number of amidine groups is 1. The van der Waals surface area contributed by atoms with Gasteiger partial charge in [0.15, 0.2) is 17.7 Å². The van der Waals surface area contributed by atoms with E-state index in [-0.39, 0.29) is 45.5 Å². The van der Waals surface area contributed by atoms with Crippen LogP contribution in [0.5, 0.6) is 5.75 Å². The van der Waals surface area contributed by atoms with Crippen LogP contribution in [0.1, 0.15) is 38.1 Å². The number of hydrogen-bond acceptors (Lipinski definition) is 8. The van der Waals surface area contributed by atoms with E-state index in [1.165, 1.54) is 48.8 Å². The Labute approximate surface area is 238 Å². The minimum absolute atomic E-state index is 0.0138. The second kappa shape index (κ2) is 10.5. The molecule has 6 rings (SSSR count). The number of ether oxygens (including phenoxy) is 1. The highest BCUT2D eigenvalue weighted by Crippen LogP contribution is 2.39. The lowest BCUT2D eigenvalue weighted by molar-refractivity contribution is 0.149. The summed E-state index contributed by atoms with van der Waals surface area (Å²) in [7, 11) is 0. The van der Waals surface area contributed by atoms with E-state index in [2.05, 4.69) is 9.98 Å². The van der Waals surface area contributed by atoms with E-state index in [0.717, 1.165) is 6.07 Å². The van der Waals surface area contributed by atoms with Crippen molar-refractivity contribution < 1.29 is 22.3 Å². The number of halogens is 3. The van der Waals surface area contributed by atoms with Crippen LogP contribution in [0.15, 0.2) is 85.0 Å². The average molecular weight is 574 g/mol. The fraction of sp³-hybridized carbons (Fsp3) is 0.226. The van der Waals surface area contributed by atoms with Crippen molar-refractivity contribution in [2.24, 2.45) is 26.7 Å². The van der Waals surface area contributed by atoms with E-state index in [1.807, 2.05) is 0 Å². The number of aliphatic imine (C=N–C) groups is 2. The quantitative estimate of drug-likeness (QED) is 0.315. The Bertz CT molecular complexity index is 1870. The normalized spacial score (nSPS) is 18.7. The van der Waals surface area contributed by atoms with Gasteiger partial charge in [0.2, 0.25) is 5.43 Å². The molecule has 2 N–H and O–H groups in total. The third-order valence-corrected chi connectivity index (χ3v) is 7.19. The first-order valence-electron chi connectivity index (χ1n) is 13.3. The molecule has 4 aromatic rings. The minimum atomic E-state index is -0.758. The molecule has 3 unspecified atom stereocenters. The molecule has 3 atom stereocenters. The van der Waals surface area contributed by atoms with E-state index in [1.54, 1.807) is 37.9 Å². The maximum absolute atomic E-state index is 15.0. The number of fused-ring (bicyclic) bond motifs is 2. The standard InChI is InChI=1S/C31H26F3N5O3/c1-15(2)41-24-9-7-18(12-22(24)34)27-26-30(35)36-14-37-31(26)39(38-27)16(3)29-25(17-5-4-6-19(32)11-17)28(40)21-13-20(33)8-10-23(21)42-29/h4-16,26,31H,1-3H3,(H2,35,36,37). The highest BCUT2D eigenvalue weighted by Gasteiger charge is 2.45. The summed E-state index contributed by atoms with van der Waals surface area (Å²) < 4.78 is 55.2. The number of nitrogens with two attached hydrogens (primary N) is 1. The maximum atomic E-state index is 15.0. The zero-order valence-electron chi connectivity index (χ0n) is 22.9. The molecule has 0 amide bonds. The molecule has 2 aliphatic heterocycles. The molecule has 214 valence electrons. The van der Waals surface area contributed by atoms with Crippen LogP contribution in [-0.4, -0.2) is 35.2 Å². The molecule has 1 aromatic heterocycles. The summed E-state index contributed by atoms with van der Waals surface area (Å²) in [6.07, 6.45) is 0.407. The van der Waals surface area contributed by atoms with Crippen LogP contribution in [0, 0.1) is 23.4 Å². The number of hydrogen-bond donors (Lipinski definition) is 1. The summed E-state index contributed by atoms with van der Waals surface area (Å²) in [6, 6.07) is 12.9. The Hall–Kier alpha value is -4.93. The lowest BCUT2D eigenvalue weighted by atomic mass is 9.92. The molecule has 0 saturated heterocycles. The van der Waals surface area contributed by atoms with Crippen molar-refractivity contribution in [3.8, 4) is 16.9 Å². The van der Waals surface area contributed by atoms with Gasteiger partial charge in [-0.25, -0.2) is 23.2 Å². The van der Waals surface area contributed by atoms with Crippen molar-refractivity contribution in [2.75, 3.05) is 0 Å². The highest BCUT2D eigenvalue weighted by atomic mass is 19.1. The predicted octanol–water partition coefficient (Wildman–Crippen LogP) is 5.79. The summed E-state index contributed by atoms with van der Waals surface area (Å²) >= 11 is 0. The van der Waals surface area contributed by atoms with Gasteiger partial charge in [-0.15, -0.1) is 0 Å². The average Bonchev–Trinajstić information content (AvgIpc) is 3.35. The van der Waals surface area contributed by atoms with Gasteiger partial charge in [-0.2, -0.15) is 5.10 Å². The van der Waals surface area contributed by atoms with Crippen molar-refractivity contribution in [1.82, 2.24) is 5.01 Å². The van der Waals surface area contributed by atoms with E-state index in [4.69, 9.17) is 20.0 Å². The first-order chi connectivity index (χ1) is 20.1. The van der Waals surface area contributed by atoms with Gasteiger partial charge in [-0.3, -0.25) is 9.80 Å². The molecular weight excluding hydrogens is 547 g/mol. The minimum Gasteiger partial charge on any atom is -0.488 e. The number of hydrazone groups is 1. The molecule has 0 spiro atoms. The summed E-state index contributed by atoms with van der Waals surface area (Å²) in [4.78, 5) is 22.4. The van der Waals surface area contributed by atoms with Crippen molar-refractivity contribution in [1.29, 1.82) is 0 Å². The molecule has 3 aromatic carbocycles. The van der Waals surface area contributed by atoms with Crippen LogP contribution < -0.4 is 15.9 Å². The summed E-state index contributed by atoms with van der Waals surface area (Å²) in [5, 5.41) is 6.43. The van der Waals surface area contributed by atoms with Crippen molar-refractivity contribution in [3.05, 3.63) is 99.7 Å². The topological polar surface area (TPSA) is 106 Å². The molecular formula is C31H26F3N5O3. The Balaban J connectivity index is 1.51. The first kappa shape index (κ1) is 27.3. The van der Waals surface area contributed by atoms with Gasteiger partial charge < -0.3 is 14.9 Å². The largest absolute Gasteiger partial charge is 0.488 e. The molecule has 42 heavy (non-hydrogen) atoms. The van der Waals surface area contributed by atoms with Gasteiger partial charge in [-0.05, 0) is 74.9 Å². The smallest absolute Gasteiger partial charge is 0.200 e. The fourth-order valence-corrected chi connectivity index (χ4v) is 5.31. The van der Waals surface area contributed by atoms with E-state index < -0.39 is 41.0 Å². The van der Waals surface area contributed by atoms with Crippen LogP contribution in [0.4, 0.5) is 13.2 Å². The monoisotopic (exact) mass is 573 g/mol. The Morgan fingerprint density at radius 3 is 2.50 bits per heavy atom. The van der Waals surface area contributed by atoms with Crippen LogP contribution in [0.2, 0.25) is 0 Å². The number of rotatable bonds is 6. The third kappa shape index (κ3) is 4.70. The molecule has 8 nitrogen and oxygen atoms in total. The molecule has 0 bridgehead atoms. The van der Waals surface area contributed by atoms with Crippen molar-refractivity contribution in [3.63, 3.8) is 0 Å².